The Labute approximate surface area is 146 Å². The van der Waals surface area contributed by atoms with Gasteiger partial charge in [0.05, 0.1) is 14.2 Å². The highest BCUT2D eigenvalue weighted by Gasteiger charge is 2.14. The van der Waals surface area contributed by atoms with Crippen LogP contribution in [0.25, 0.3) is 12.2 Å². The number of pyridine rings is 1. The van der Waals surface area contributed by atoms with Crippen molar-refractivity contribution in [3.05, 3.63) is 58.9 Å². The van der Waals surface area contributed by atoms with Crippen molar-refractivity contribution in [3.63, 3.8) is 0 Å². The van der Waals surface area contributed by atoms with E-state index in [0.717, 1.165) is 11.3 Å². The molecule has 0 N–H and O–H groups in total. The van der Waals surface area contributed by atoms with Crippen molar-refractivity contribution in [1.29, 1.82) is 0 Å². The van der Waals surface area contributed by atoms with Crippen molar-refractivity contribution >= 4 is 29.8 Å². The van der Waals surface area contributed by atoms with Crippen molar-refractivity contribution < 1.29 is 19.1 Å². The highest BCUT2D eigenvalue weighted by molar-refractivity contribution is 5.93. The molecule has 25 heavy (non-hydrogen) atoms. The molecule has 0 bridgehead atoms. The van der Waals surface area contributed by atoms with Crippen LogP contribution in [0.4, 0.5) is 5.69 Å². The van der Waals surface area contributed by atoms with Gasteiger partial charge in [-0.2, -0.15) is 0 Å². The van der Waals surface area contributed by atoms with Crippen molar-refractivity contribution in [2.75, 3.05) is 33.2 Å². The number of aromatic nitrogens is 1. The Kier molecular flexibility index (Phi) is 5.89. The number of hydrogen-bond donors (Lipinski definition) is 0. The van der Waals surface area contributed by atoms with Crippen LogP contribution in [0.1, 0.15) is 32.1 Å². The smallest absolute Gasteiger partial charge is 0.356 e. The van der Waals surface area contributed by atoms with Crippen LogP contribution < -0.4 is 4.90 Å². The van der Waals surface area contributed by atoms with Gasteiger partial charge in [-0.25, -0.2) is 14.6 Å². The number of anilines is 1. The lowest BCUT2D eigenvalue weighted by Crippen LogP contribution is -2.11. The molecular formula is C19H20N2O4. The van der Waals surface area contributed by atoms with Gasteiger partial charge in [0.25, 0.3) is 0 Å². The number of hydrogen-bond acceptors (Lipinski definition) is 6. The van der Waals surface area contributed by atoms with Crippen LogP contribution in [0.3, 0.4) is 0 Å². The molecule has 2 aromatic rings. The summed E-state index contributed by atoms with van der Waals surface area (Å²) >= 11 is 0. The molecule has 1 aromatic heterocycles. The fraction of sp³-hybridized carbons (Fsp3) is 0.211. The third kappa shape index (κ3) is 4.67. The second-order valence-electron chi connectivity index (χ2n) is 5.47. The van der Waals surface area contributed by atoms with Gasteiger partial charge in [-0.05, 0) is 35.4 Å². The lowest BCUT2D eigenvalue weighted by atomic mass is 10.1. The normalized spacial score (nSPS) is 10.6. The Bertz CT molecular complexity index is 761. The zero-order valence-electron chi connectivity index (χ0n) is 14.6. The van der Waals surface area contributed by atoms with Gasteiger partial charge < -0.3 is 14.4 Å². The lowest BCUT2D eigenvalue weighted by Gasteiger charge is -2.11. The number of esters is 2. The summed E-state index contributed by atoms with van der Waals surface area (Å²) in [5, 5.41) is 0. The molecular weight excluding hydrogens is 320 g/mol. The molecule has 0 radical (unpaired) electrons. The third-order valence-corrected chi connectivity index (χ3v) is 3.51. The summed E-state index contributed by atoms with van der Waals surface area (Å²) in [6.07, 6.45) is 3.68. The molecule has 0 saturated heterocycles. The minimum Gasteiger partial charge on any atom is -0.464 e. The van der Waals surface area contributed by atoms with E-state index in [-0.39, 0.29) is 11.4 Å². The van der Waals surface area contributed by atoms with Crippen molar-refractivity contribution in [3.8, 4) is 0 Å². The molecule has 0 amide bonds. The van der Waals surface area contributed by atoms with E-state index in [1.165, 1.54) is 14.2 Å². The summed E-state index contributed by atoms with van der Waals surface area (Å²) in [6, 6.07) is 11.1. The molecule has 2 rings (SSSR count). The largest absolute Gasteiger partial charge is 0.464 e. The Balaban J connectivity index is 2.33. The predicted octanol–water partition coefficient (Wildman–Crippen LogP) is 2.89. The second-order valence-corrected chi connectivity index (χ2v) is 5.47. The van der Waals surface area contributed by atoms with Crippen molar-refractivity contribution in [2.45, 2.75) is 0 Å². The van der Waals surface area contributed by atoms with E-state index >= 15 is 0 Å². The molecule has 0 aliphatic rings. The molecule has 130 valence electrons. The van der Waals surface area contributed by atoms with E-state index in [2.05, 4.69) is 14.5 Å². The summed E-state index contributed by atoms with van der Waals surface area (Å²) < 4.78 is 9.35. The van der Waals surface area contributed by atoms with E-state index < -0.39 is 11.9 Å². The van der Waals surface area contributed by atoms with Gasteiger partial charge in [-0.1, -0.05) is 24.3 Å². The quantitative estimate of drug-likeness (QED) is 0.780. The SMILES string of the molecule is COC(=O)c1cc(/C=C/c2ccc(N(C)C)cc2)cc(C(=O)OC)n1. The molecule has 1 aromatic carbocycles. The third-order valence-electron chi connectivity index (χ3n) is 3.51. The van der Waals surface area contributed by atoms with Gasteiger partial charge in [0, 0.05) is 19.8 Å². The van der Waals surface area contributed by atoms with Gasteiger partial charge in [0.2, 0.25) is 0 Å². The summed E-state index contributed by atoms with van der Waals surface area (Å²) in [5.74, 6) is -1.23. The number of rotatable bonds is 5. The van der Waals surface area contributed by atoms with Gasteiger partial charge in [0.1, 0.15) is 11.4 Å². The Hall–Kier alpha value is -3.15. The van der Waals surface area contributed by atoms with Crippen molar-refractivity contribution in [2.24, 2.45) is 0 Å². The summed E-state index contributed by atoms with van der Waals surface area (Å²) in [4.78, 5) is 29.5. The van der Waals surface area contributed by atoms with E-state index in [4.69, 9.17) is 0 Å². The maximum atomic E-state index is 11.7. The standard InChI is InChI=1S/C19H20N2O4/c1-21(2)15-9-7-13(8-10-15)5-6-14-11-16(18(22)24-3)20-17(12-14)19(23)25-4/h5-12H,1-4H3/b6-5+. The fourth-order valence-corrected chi connectivity index (χ4v) is 2.14. The Morgan fingerprint density at radius 1 is 0.880 bits per heavy atom. The van der Waals surface area contributed by atoms with Crippen LogP contribution in [0.15, 0.2) is 36.4 Å². The maximum absolute atomic E-state index is 11.7. The number of carbonyl (C=O) groups excluding carboxylic acids is 2. The number of ether oxygens (including phenoxy) is 2. The lowest BCUT2D eigenvalue weighted by molar-refractivity contribution is 0.0585. The molecule has 6 nitrogen and oxygen atoms in total. The average molecular weight is 340 g/mol. The molecule has 0 aliphatic heterocycles. The van der Waals surface area contributed by atoms with Crippen LogP contribution in [0, 0.1) is 0 Å². The van der Waals surface area contributed by atoms with Gasteiger partial charge in [-0.3, -0.25) is 0 Å². The van der Waals surface area contributed by atoms with Crippen LogP contribution in [-0.2, 0) is 9.47 Å². The Morgan fingerprint density at radius 3 is 1.80 bits per heavy atom. The summed E-state index contributed by atoms with van der Waals surface area (Å²) in [5.41, 5.74) is 2.83. The molecule has 0 saturated carbocycles. The number of carbonyl (C=O) groups is 2. The first-order valence-corrected chi connectivity index (χ1v) is 7.58. The minimum atomic E-state index is -0.615. The summed E-state index contributed by atoms with van der Waals surface area (Å²) in [7, 11) is 6.47. The molecule has 6 heteroatoms. The van der Waals surface area contributed by atoms with Crippen LogP contribution in [0.5, 0.6) is 0 Å². The maximum Gasteiger partial charge on any atom is 0.356 e. The topological polar surface area (TPSA) is 68.7 Å². The first kappa shape index (κ1) is 18.2. The van der Waals surface area contributed by atoms with Gasteiger partial charge in [-0.15, -0.1) is 0 Å². The predicted molar refractivity (Wildman–Crippen MR) is 96.6 cm³/mol. The highest BCUT2D eigenvalue weighted by atomic mass is 16.5. The monoisotopic (exact) mass is 340 g/mol. The zero-order chi connectivity index (χ0) is 18.4. The van der Waals surface area contributed by atoms with Crippen LogP contribution in [-0.4, -0.2) is 45.2 Å². The molecule has 0 unspecified atom stereocenters. The molecule has 0 aliphatic carbocycles. The number of benzene rings is 1. The fourth-order valence-electron chi connectivity index (χ4n) is 2.14. The molecule has 0 atom stereocenters. The van der Waals surface area contributed by atoms with Crippen LogP contribution >= 0.6 is 0 Å². The minimum absolute atomic E-state index is 0.0491. The van der Waals surface area contributed by atoms with Crippen LogP contribution in [0.2, 0.25) is 0 Å². The first-order valence-electron chi connectivity index (χ1n) is 7.58. The van der Waals surface area contributed by atoms with E-state index in [1.54, 1.807) is 18.2 Å². The molecule has 1 heterocycles. The molecule has 0 fully saturated rings. The van der Waals surface area contributed by atoms with Gasteiger partial charge >= 0.3 is 11.9 Å². The van der Waals surface area contributed by atoms with Crippen molar-refractivity contribution in [1.82, 2.24) is 4.98 Å². The highest BCUT2D eigenvalue weighted by Crippen LogP contribution is 2.16. The molecule has 0 spiro atoms. The van der Waals surface area contributed by atoms with E-state index in [1.807, 2.05) is 49.3 Å². The number of nitrogens with zero attached hydrogens (tertiary/aromatic N) is 2. The van der Waals surface area contributed by atoms with Gasteiger partial charge in [0.15, 0.2) is 0 Å². The van der Waals surface area contributed by atoms with E-state index in [0.29, 0.717) is 5.56 Å². The first-order chi connectivity index (χ1) is 11.9. The second kappa shape index (κ2) is 8.10. The number of methoxy groups -OCH3 is 2. The average Bonchev–Trinajstić information content (AvgIpc) is 2.65. The van der Waals surface area contributed by atoms with E-state index in [9.17, 15) is 9.59 Å². The Morgan fingerprint density at radius 2 is 1.36 bits per heavy atom. The summed E-state index contributed by atoms with van der Waals surface area (Å²) in [6.45, 7) is 0. The zero-order valence-corrected chi connectivity index (χ0v) is 14.6.